The molecule has 42 heavy (non-hydrogen) atoms. The summed E-state index contributed by atoms with van der Waals surface area (Å²) in [5.41, 5.74) is 9.51. The molecule has 0 aliphatic carbocycles. The molecule has 0 atom stereocenters. The van der Waals surface area contributed by atoms with Crippen LogP contribution in [-0.4, -0.2) is 0 Å². The molecule has 6 aromatic carbocycles. The molecule has 0 heteroatoms. The molecule has 0 heterocycles. The standard InChI is InChI=1S/C42H44/c1-40(2,3)30-23-29(24-31(26-30)41(4,5)6)28-21-22-35-37(25-28)39(42(7,8)9)36-19-13-12-18-34(36)38(35)33-20-14-16-27-15-10-11-17-32(27)33/h10-26H,1-9H3. The van der Waals surface area contributed by atoms with E-state index < -0.39 is 0 Å². The normalized spacial score (nSPS) is 12.9. The lowest BCUT2D eigenvalue weighted by molar-refractivity contribution is 0.569. The van der Waals surface area contributed by atoms with Gasteiger partial charge in [0.1, 0.15) is 0 Å². The zero-order valence-corrected chi connectivity index (χ0v) is 26.8. The molecule has 0 aliphatic rings. The van der Waals surface area contributed by atoms with Crippen molar-refractivity contribution in [2.24, 2.45) is 0 Å². The second-order valence-electron chi connectivity index (χ2n) is 15.1. The smallest absolute Gasteiger partial charge is 0.00204 e. The monoisotopic (exact) mass is 548 g/mol. The van der Waals surface area contributed by atoms with Gasteiger partial charge in [-0.3, -0.25) is 0 Å². The molecule has 0 unspecified atom stereocenters. The molecule has 0 N–H and O–H groups in total. The van der Waals surface area contributed by atoms with Crippen molar-refractivity contribution in [2.75, 3.05) is 0 Å². The Morgan fingerprint density at radius 2 is 0.929 bits per heavy atom. The fourth-order valence-corrected chi connectivity index (χ4v) is 6.56. The van der Waals surface area contributed by atoms with Gasteiger partial charge in [0, 0.05) is 0 Å². The van der Waals surface area contributed by atoms with E-state index >= 15 is 0 Å². The minimum absolute atomic E-state index is 0.0302. The lowest BCUT2D eigenvalue weighted by atomic mass is 9.76. The molecule has 6 aromatic rings. The topological polar surface area (TPSA) is 0 Å². The minimum atomic E-state index is -0.0302. The van der Waals surface area contributed by atoms with E-state index in [-0.39, 0.29) is 16.2 Å². The van der Waals surface area contributed by atoms with Crippen molar-refractivity contribution < 1.29 is 0 Å². The number of hydrogen-bond donors (Lipinski definition) is 0. The third kappa shape index (κ3) is 4.92. The highest BCUT2D eigenvalue weighted by atomic mass is 14.3. The summed E-state index contributed by atoms with van der Waals surface area (Å²) in [4.78, 5) is 0. The fraction of sp³-hybridized carbons (Fsp3) is 0.286. The first-order valence-corrected chi connectivity index (χ1v) is 15.4. The Morgan fingerprint density at radius 3 is 1.55 bits per heavy atom. The van der Waals surface area contributed by atoms with Crippen LogP contribution in [0.5, 0.6) is 0 Å². The molecule has 0 saturated carbocycles. The van der Waals surface area contributed by atoms with Gasteiger partial charge in [-0.15, -0.1) is 0 Å². The molecule has 0 spiro atoms. The third-order valence-electron chi connectivity index (χ3n) is 8.83. The van der Waals surface area contributed by atoms with E-state index in [1.54, 1.807) is 0 Å². The first kappa shape index (κ1) is 28.2. The predicted octanol–water partition coefficient (Wildman–Crippen LogP) is 12.4. The molecule has 0 aromatic heterocycles. The highest BCUT2D eigenvalue weighted by Crippen LogP contribution is 2.46. The summed E-state index contributed by atoms with van der Waals surface area (Å²) in [6.07, 6.45) is 0. The van der Waals surface area contributed by atoms with Crippen LogP contribution in [0.2, 0.25) is 0 Å². The fourth-order valence-electron chi connectivity index (χ4n) is 6.56. The van der Waals surface area contributed by atoms with Crippen LogP contribution in [0.3, 0.4) is 0 Å². The highest BCUT2D eigenvalue weighted by molar-refractivity contribution is 6.19. The van der Waals surface area contributed by atoms with Crippen LogP contribution in [0.4, 0.5) is 0 Å². The van der Waals surface area contributed by atoms with Gasteiger partial charge < -0.3 is 0 Å². The Morgan fingerprint density at radius 1 is 0.381 bits per heavy atom. The van der Waals surface area contributed by atoms with Crippen molar-refractivity contribution in [3.8, 4) is 22.3 Å². The summed E-state index contributed by atoms with van der Waals surface area (Å²) in [6, 6.07) is 39.0. The van der Waals surface area contributed by atoms with Crippen LogP contribution in [0.15, 0.2) is 103 Å². The molecule has 0 nitrogen and oxygen atoms in total. The van der Waals surface area contributed by atoms with Crippen molar-refractivity contribution >= 4 is 32.3 Å². The van der Waals surface area contributed by atoms with Crippen molar-refractivity contribution in [1.29, 1.82) is 0 Å². The van der Waals surface area contributed by atoms with Crippen LogP contribution < -0.4 is 0 Å². The molecule has 0 saturated heterocycles. The quantitative estimate of drug-likeness (QED) is 0.189. The Balaban J connectivity index is 1.75. The SMILES string of the molecule is CC(C)(C)c1cc(-c2ccc3c(-c4cccc5ccccc45)c4ccccc4c(C(C)(C)C)c3c2)cc(C(C)(C)C)c1. The van der Waals surface area contributed by atoms with E-state index in [9.17, 15) is 0 Å². The number of rotatable bonds is 2. The maximum Gasteiger partial charge on any atom is -0.00204 e. The summed E-state index contributed by atoms with van der Waals surface area (Å²) in [5.74, 6) is 0. The van der Waals surface area contributed by atoms with Crippen molar-refractivity contribution in [1.82, 2.24) is 0 Å². The van der Waals surface area contributed by atoms with Gasteiger partial charge in [0.15, 0.2) is 0 Å². The van der Waals surface area contributed by atoms with E-state index in [1.807, 2.05) is 0 Å². The molecule has 0 fully saturated rings. The maximum absolute atomic E-state index is 2.48. The Bertz CT molecular complexity index is 1930. The molecule has 6 rings (SSSR count). The van der Waals surface area contributed by atoms with Gasteiger partial charge in [-0.1, -0.05) is 159 Å². The van der Waals surface area contributed by atoms with Crippen LogP contribution in [-0.2, 0) is 16.2 Å². The van der Waals surface area contributed by atoms with Gasteiger partial charge in [-0.05, 0) is 93.6 Å². The number of fused-ring (bicyclic) bond motifs is 3. The van der Waals surface area contributed by atoms with Gasteiger partial charge in [-0.25, -0.2) is 0 Å². The second-order valence-corrected chi connectivity index (χ2v) is 15.1. The predicted molar refractivity (Wildman–Crippen MR) is 186 cm³/mol. The number of benzene rings is 6. The molecule has 0 bridgehead atoms. The molecule has 212 valence electrons. The first-order chi connectivity index (χ1) is 19.7. The van der Waals surface area contributed by atoms with Crippen LogP contribution >= 0.6 is 0 Å². The van der Waals surface area contributed by atoms with Crippen molar-refractivity contribution in [2.45, 2.75) is 78.6 Å². The van der Waals surface area contributed by atoms with E-state index in [2.05, 4.69) is 165 Å². The van der Waals surface area contributed by atoms with E-state index in [1.165, 1.54) is 71.3 Å². The summed E-state index contributed by atoms with van der Waals surface area (Å²) in [7, 11) is 0. The molecular weight excluding hydrogens is 504 g/mol. The Hall–Kier alpha value is -3.90. The minimum Gasteiger partial charge on any atom is -0.0616 e. The van der Waals surface area contributed by atoms with Crippen molar-refractivity contribution in [3.63, 3.8) is 0 Å². The van der Waals surface area contributed by atoms with Crippen LogP contribution in [0, 0.1) is 0 Å². The van der Waals surface area contributed by atoms with Gasteiger partial charge in [0.2, 0.25) is 0 Å². The average Bonchev–Trinajstić information content (AvgIpc) is 2.93. The summed E-state index contributed by atoms with van der Waals surface area (Å²) in [5, 5.41) is 7.91. The molecule has 0 aliphatic heterocycles. The van der Waals surface area contributed by atoms with E-state index in [0.717, 1.165) is 0 Å². The van der Waals surface area contributed by atoms with Gasteiger partial charge in [0.25, 0.3) is 0 Å². The van der Waals surface area contributed by atoms with Gasteiger partial charge >= 0.3 is 0 Å². The Labute approximate surface area is 252 Å². The number of hydrogen-bond acceptors (Lipinski definition) is 0. The van der Waals surface area contributed by atoms with E-state index in [0.29, 0.717) is 0 Å². The Kier molecular flexibility index (Phi) is 6.61. The highest BCUT2D eigenvalue weighted by Gasteiger charge is 2.25. The average molecular weight is 549 g/mol. The first-order valence-electron chi connectivity index (χ1n) is 15.4. The molecular formula is C42H44. The zero-order valence-electron chi connectivity index (χ0n) is 26.8. The van der Waals surface area contributed by atoms with Gasteiger partial charge in [0.05, 0.1) is 0 Å². The van der Waals surface area contributed by atoms with Crippen molar-refractivity contribution in [3.05, 3.63) is 120 Å². The lowest BCUT2D eigenvalue weighted by Crippen LogP contribution is -2.16. The maximum atomic E-state index is 2.48. The summed E-state index contributed by atoms with van der Waals surface area (Å²) >= 11 is 0. The van der Waals surface area contributed by atoms with Crippen LogP contribution in [0.25, 0.3) is 54.6 Å². The summed E-state index contributed by atoms with van der Waals surface area (Å²) < 4.78 is 0. The van der Waals surface area contributed by atoms with Crippen LogP contribution in [0.1, 0.15) is 79.0 Å². The van der Waals surface area contributed by atoms with Gasteiger partial charge in [-0.2, -0.15) is 0 Å². The second kappa shape index (κ2) is 9.84. The zero-order chi connectivity index (χ0) is 30.0. The largest absolute Gasteiger partial charge is 0.0616 e. The molecule has 0 amide bonds. The van der Waals surface area contributed by atoms with E-state index in [4.69, 9.17) is 0 Å². The lowest BCUT2D eigenvalue weighted by Gasteiger charge is -2.28. The summed E-state index contributed by atoms with van der Waals surface area (Å²) in [6.45, 7) is 21.0. The third-order valence-corrected chi connectivity index (χ3v) is 8.83. The molecule has 0 radical (unpaired) electrons.